The average molecular weight is 354 g/mol. The zero-order valence-electron chi connectivity index (χ0n) is 15.8. The van der Waals surface area contributed by atoms with Crippen LogP contribution in [0.15, 0.2) is 24.3 Å². The molecule has 0 atom stereocenters. The zero-order chi connectivity index (χ0) is 17.7. The largest absolute Gasteiger partial charge is 0.497 e. The lowest BCUT2D eigenvalue weighted by molar-refractivity contribution is -0.0987. The van der Waals surface area contributed by atoms with Gasteiger partial charge in [-0.2, -0.15) is 0 Å². The van der Waals surface area contributed by atoms with E-state index in [1.807, 2.05) is 29.2 Å². The second kappa shape index (κ2) is 6.26. The molecule has 6 rings (SSSR count). The number of nitrogens with zero attached hydrogens (tertiary/aromatic N) is 2. The Kier molecular flexibility index (Phi) is 4.00. The van der Waals surface area contributed by atoms with Crippen LogP contribution >= 0.6 is 0 Å². The van der Waals surface area contributed by atoms with Gasteiger partial charge in [-0.3, -0.25) is 9.69 Å². The first-order chi connectivity index (χ1) is 12.6. The van der Waals surface area contributed by atoms with E-state index in [0.29, 0.717) is 5.54 Å². The molecule has 1 aromatic carbocycles. The van der Waals surface area contributed by atoms with Crippen molar-refractivity contribution in [1.82, 2.24) is 9.80 Å². The van der Waals surface area contributed by atoms with E-state index in [9.17, 15) is 4.79 Å². The van der Waals surface area contributed by atoms with Crippen LogP contribution in [-0.2, 0) is 0 Å². The highest BCUT2D eigenvalue weighted by atomic mass is 16.5. The predicted molar refractivity (Wildman–Crippen MR) is 101 cm³/mol. The average Bonchev–Trinajstić information content (AvgIpc) is 2.66. The predicted octanol–water partition coefficient (Wildman–Crippen LogP) is 3.42. The maximum atomic E-state index is 12.9. The lowest BCUT2D eigenvalue weighted by Gasteiger charge is -2.61. The van der Waals surface area contributed by atoms with Crippen LogP contribution in [0.1, 0.15) is 48.9 Å². The van der Waals surface area contributed by atoms with Gasteiger partial charge in [-0.05, 0) is 74.5 Å². The second-order valence-corrected chi connectivity index (χ2v) is 9.15. The summed E-state index contributed by atoms with van der Waals surface area (Å²) in [4.78, 5) is 17.7. The number of ether oxygens (including phenoxy) is 1. The summed E-state index contributed by atoms with van der Waals surface area (Å²) in [6, 6.07) is 7.55. The number of carbonyl (C=O) groups excluding carboxylic acids is 1. The monoisotopic (exact) mass is 354 g/mol. The molecule has 1 aromatic rings. The lowest BCUT2D eigenvalue weighted by atomic mass is 9.52. The Bertz CT molecular complexity index is 658. The van der Waals surface area contributed by atoms with Gasteiger partial charge >= 0.3 is 0 Å². The van der Waals surface area contributed by atoms with Gasteiger partial charge in [-0.1, -0.05) is 6.07 Å². The highest BCUT2D eigenvalue weighted by Gasteiger charge is 2.53. The molecule has 4 nitrogen and oxygen atoms in total. The van der Waals surface area contributed by atoms with E-state index in [0.717, 1.165) is 55.2 Å². The van der Waals surface area contributed by atoms with Crippen molar-refractivity contribution in [3.05, 3.63) is 29.8 Å². The molecule has 0 radical (unpaired) electrons. The van der Waals surface area contributed by atoms with Crippen LogP contribution in [-0.4, -0.2) is 54.5 Å². The van der Waals surface area contributed by atoms with Gasteiger partial charge in [0.1, 0.15) is 5.75 Å². The second-order valence-electron chi connectivity index (χ2n) is 9.15. The Morgan fingerprint density at radius 3 is 2.19 bits per heavy atom. The summed E-state index contributed by atoms with van der Waals surface area (Å²) in [5.74, 6) is 3.85. The number of amides is 1. The van der Waals surface area contributed by atoms with E-state index in [4.69, 9.17) is 4.74 Å². The molecule has 1 heterocycles. The van der Waals surface area contributed by atoms with Gasteiger partial charge in [-0.15, -0.1) is 0 Å². The summed E-state index contributed by atoms with van der Waals surface area (Å²) in [7, 11) is 1.65. The van der Waals surface area contributed by atoms with Gasteiger partial charge in [0.05, 0.1) is 7.11 Å². The Morgan fingerprint density at radius 2 is 1.62 bits per heavy atom. The molecule has 1 aliphatic heterocycles. The van der Waals surface area contributed by atoms with Gasteiger partial charge in [0.15, 0.2) is 0 Å². The van der Waals surface area contributed by atoms with Crippen molar-refractivity contribution in [3.63, 3.8) is 0 Å². The van der Waals surface area contributed by atoms with Gasteiger partial charge in [0.2, 0.25) is 0 Å². The van der Waals surface area contributed by atoms with E-state index in [-0.39, 0.29) is 5.91 Å². The van der Waals surface area contributed by atoms with Gasteiger partial charge < -0.3 is 9.64 Å². The van der Waals surface area contributed by atoms with Crippen LogP contribution in [0.25, 0.3) is 0 Å². The molecule has 140 valence electrons. The Hall–Kier alpha value is -1.55. The third kappa shape index (κ3) is 2.74. The van der Waals surface area contributed by atoms with Crippen molar-refractivity contribution < 1.29 is 9.53 Å². The molecule has 4 heteroatoms. The summed E-state index contributed by atoms with van der Waals surface area (Å²) in [6.07, 6.45) is 8.74. The molecule has 0 aromatic heterocycles. The maximum Gasteiger partial charge on any atom is 0.254 e. The molecule has 5 aliphatic rings. The molecule has 0 spiro atoms. The number of hydrogen-bond donors (Lipinski definition) is 0. The van der Waals surface area contributed by atoms with E-state index in [1.54, 1.807) is 7.11 Å². The van der Waals surface area contributed by atoms with Crippen LogP contribution in [0.2, 0.25) is 0 Å². The third-order valence-corrected chi connectivity index (χ3v) is 7.56. The highest BCUT2D eigenvalue weighted by molar-refractivity contribution is 5.94. The van der Waals surface area contributed by atoms with Crippen LogP contribution in [0, 0.1) is 17.8 Å². The molecule has 5 fully saturated rings. The normalized spacial score (nSPS) is 36.3. The fourth-order valence-corrected chi connectivity index (χ4v) is 6.77. The van der Waals surface area contributed by atoms with Crippen LogP contribution in [0.3, 0.4) is 0 Å². The molecule has 4 bridgehead atoms. The Balaban J connectivity index is 1.26. The minimum atomic E-state index is 0.147. The van der Waals surface area contributed by atoms with Crippen molar-refractivity contribution in [1.29, 1.82) is 0 Å². The van der Waals surface area contributed by atoms with Crippen LogP contribution in [0.5, 0.6) is 5.75 Å². The lowest BCUT2D eigenvalue weighted by Crippen LogP contribution is -2.64. The number of hydrogen-bond acceptors (Lipinski definition) is 3. The zero-order valence-corrected chi connectivity index (χ0v) is 15.8. The summed E-state index contributed by atoms with van der Waals surface area (Å²) in [6.45, 7) is 3.80. The minimum absolute atomic E-state index is 0.147. The molecular weight excluding hydrogens is 324 g/mol. The third-order valence-electron chi connectivity index (χ3n) is 7.56. The number of rotatable bonds is 3. The number of methoxy groups -OCH3 is 1. The highest BCUT2D eigenvalue weighted by Crippen LogP contribution is 2.57. The van der Waals surface area contributed by atoms with E-state index >= 15 is 0 Å². The first kappa shape index (κ1) is 16.6. The first-order valence-corrected chi connectivity index (χ1v) is 10.3. The quantitative estimate of drug-likeness (QED) is 0.834. The summed E-state index contributed by atoms with van der Waals surface area (Å²) >= 11 is 0. The fourth-order valence-electron chi connectivity index (χ4n) is 6.77. The molecule has 4 saturated carbocycles. The summed E-state index contributed by atoms with van der Waals surface area (Å²) in [5.41, 5.74) is 1.22. The Labute approximate surface area is 156 Å². The Morgan fingerprint density at radius 1 is 1.00 bits per heavy atom. The molecule has 0 N–H and O–H groups in total. The molecule has 26 heavy (non-hydrogen) atoms. The summed E-state index contributed by atoms with van der Waals surface area (Å²) < 4.78 is 5.27. The van der Waals surface area contributed by atoms with Crippen molar-refractivity contribution in [2.45, 2.75) is 44.1 Å². The smallest absolute Gasteiger partial charge is 0.254 e. The molecule has 4 aliphatic carbocycles. The standard InChI is InChI=1S/C22H30N2O2/c1-26-20-4-2-3-19(12-20)21(25)23-5-7-24(8-6-23)22-13-16-9-17(14-22)11-18(10-16)15-22/h2-4,12,16-18H,5-11,13-15H2,1H3. The van der Waals surface area contributed by atoms with Crippen molar-refractivity contribution in [2.24, 2.45) is 17.8 Å². The number of benzene rings is 1. The van der Waals surface area contributed by atoms with Crippen molar-refractivity contribution in [3.8, 4) is 5.75 Å². The van der Waals surface area contributed by atoms with E-state index in [2.05, 4.69) is 4.90 Å². The van der Waals surface area contributed by atoms with E-state index < -0.39 is 0 Å². The number of piperazine rings is 1. The maximum absolute atomic E-state index is 12.9. The minimum Gasteiger partial charge on any atom is -0.497 e. The topological polar surface area (TPSA) is 32.8 Å². The molecule has 1 amide bonds. The van der Waals surface area contributed by atoms with E-state index in [1.165, 1.54) is 38.5 Å². The van der Waals surface area contributed by atoms with Gasteiger partial charge in [0.25, 0.3) is 5.91 Å². The SMILES string of the molecule is COc1cccc(C(=O)N2CCN(C34CC5CC(CC(C5)C3)C4)CC2)c1. The molecule has 0 unspecified atom stereocenters. The molecule has 1 saturated heterocycles. The van der Waals surface area contributed by atoms with Crippen LogP contribution in [0.4, 0.5) is 0 Å². The number of carbonyl (C=O) groups is 1. The van der Waals surface area contributed by atoms with Gasteiger partial charge in [0, 0.05) is 37.3 Å². The van der Waals surface area contributed by atoms with Gasteiger partial charge in [-0.25, -0.2) is 0 Å². The first-order valence-electron chi connectivity index (χ1n) is 10.3. The van der Waals surface area contributed by atoms with Crippen molar-refractivity contribution >= 4 is 5.91 Å². The fraction of sp³-hybridized carbons (Fsp3) is 0.682. The summed E-state index contributed by atoms with van der Waals surface area (Å²) in [5, 5.41) is 0. The van der Waals surface area contributed by atoms with Crippen LogP contribution < -0.4 is 4.74 Å². The molecular formula is C22H30N2O2. The van der Waals surface area contributed by atoms with Crippen molar-refractivity contribution in [2.75, 3.05) is 33.3 Å².